The maximum Gasteiger partial charge on any atom is 0.224 e. The zero-order valence-electron chi connectivity index (χ0n) is 14.7. The molecule has 24 heavy (non-hydrogen) atoms. The van der Waals surface area contributed by atoms with Crippen LogP contribution in [0.2, 0.25) is 0 Å². The Morgan fingerprint density at radius 2 is 1.92 bits per heavy atom. The molecule has 4 nitrogen and oxygen atoms in total. The van der Waals surface area contributed by atoms with Gasteiger partial charge in [0.1, 0.15) is 0 Å². The number of allylic oxidation sites excluding steroid dienone is 2. The van der Waals surface area contributed by atoms with Crippen LogP contribution in [0.3, 0.4) is 0 Å². The molecule has 1 aromatic carbocycles. The summed E-state index contributed by atoms with van der Waals surface area (Å²) < 4.78 is 0. The number of carbonyl (C=O) groups is 1. The number of hydrogen-bond acceptors (Lipinski definition) is 3. The van der Waals surface area contributed by atoms with Crippen molar-refractivity contribution in [3.8, 4) is 0 Å². The SMILES string of the molecule is CN1CCN(CCc2ccc(NC(=O)C[C@H]3C=CCC3)cc2)CC1. The molecule has 1 N–H and O–H groups in total. The molecule has 1 aliphatic carbocycles. The molecule has 0 unspecified atom stereocenters. The van der Waals surface area contributed by atoms with E-state index < -0.39 is 0 Å². The summed E-state index contributed by atoms with van der Waals surface area (Å²) >= 11 is 0. The van der Waals surface area contributed by atoms with Crippen LogP contribution in [0.5, 0.6) is 0 Å². The molecule has 0 spiro atoms. The predicted molar refractivity (Wildman–Crippen MR) is 99.2 cm³/mol. The van der Waals surface area contributed by atoms with Crippen molar-refractivity contribution < 1.29 is 4.79 Å². The van der Waals surface area contributed by atoms with Gasteiger partial charge in [0.2, 0.25) is 5.91 Å². The van der Waals surface area contributed by atoms with Crippen molar-refractivity contribution in [3.63, 3.8) is 0 Å². The smallest absolute Gasteiger partial charge is 0.224 e. The van der Waals surface area contributed by atoms with E-state index >= 15 is 0 Å². The summed E-state index contributed by atoms with van der Waals surface area (Å²) in [5, 5.41) is 3.02. The van der Waals surface area contributed by atoms with Crippen LogP contribution in [0, 0.1) is 5.92 Å². The van der Waals surface area contributed by atoms with Crippen molar-refractivity contribution in [1.82, 2.24) is 9.80 Å². The van der Waals surface area contributed by atoms with E-state index in [1.165, 1.54) is 31.7 Å². The molecule has 0 bridgehead atoms. The van der Waals surface area contributed by atoms with E-state index in [1.54, 1.807) is 0 Å². The topological polar surface area (TPSA) is 35.6 Å². The molecule has 1 aliphatic heterocycles. The van der Waals surface area contributed by atoms with Crippen LogP contribution in [0.4, 0.5) is 5.69 Å². The zero-order chi connectivity index (χ0) is 16.8. The van der Waals surface area contributed by atoms with Crippen molar-refractivity contribution in [2.24, 2.45) is 5.92 Å². The van der Waals surface area contributed by atoms with Gasteiger partial charge in [-0.05, 0) is 49.9 Å². The molecular formula is C20H29N3O. The van der Waals surface area contributed by atoms with Gasteiger partial charge >= 0.3 is 0 Å². The number of anilines is 1. The fourth-order valence-corrected chi connectivity index (χ4v) is 3.43. The van der Waals surface area contributed by atoms with Gasteiger partial charge in [0.15, 0.2) is 0 Å². The summed E-state index contributed by atoms with van der Waals surface area (Å²) in [5.74, 6) is 0.546. The molecule has 0 aromatic heterocycles. The highest BCUT2D eigenvalue weighted by molar-refractivity contribution is 5.91. The Kier molecular flexibility index (Phi) is 6.05. The number of carbonyl (C=O) groups excluding carboxylic acids is 1. The van der Waals surface area contributed by atoms with Crippen molar-refractivity contribution in [1.29, 1.82) is 0 Å². The van der Waals surface area contributed by atoms with Gasteiger partial charge in [-0.3, -0.25) is 4.79 Å². The third-order valence-electron chi connectivity index (χ3n) is 5.11. The molecule has 0 radical (unpaired) electrons. The lowest BCUT2D eigenvalue weighted by Crippen LogP contribution is -2.45. The van der Waals surface area contributed by atoms with Crippen LogP contribution < -0.4 is 5.32 Å². The number of likely N-dealkylation sites (N-methyl/N-ethyl adjacent to an activating group) is 1. The maximum absolute atomic E-state index is 12.1. The summed E-state index contributed by atoms with van der Waals surface area (Å²) in [5.41, 5.74) is 2.25. The second kappa shape index (κ2) is 8.45. The van der Waals surface area contributed by atoms with Crippen molar-refractivity contribution in [2.45, 2.75) is 25.7 Å². The lowest BCUT2D eigenvalue weighted by atomic mass is 10.0. The molecule has 2 aliphatic rings. The van der Waals surface area contributed by atoms with E-state index in [4.69, 9.17) is 0 Å². The van der Waals surface area contributed by atoms with Crippen molar-refractivity contribution >= 4 is 11.6 Å². The van der Waals surface area contributed by atoms with Gasteiger partial charge in [-0.1, -0.05) is 24.3 Å². The first-order valence-electron chi connectivity index (χ1n) is 9.15. The molecule has 1 heterocycles. The largest absolute Gasteiger partial charge is 0.326 e. The highest BCUT2D eigenvalue weighted by atomic mass is 16.1. The number of nitrogens with zero attached hydrogens (tertiary/aromatic N) is 2. The van der Waals surface area contributed by atoms with Crippen molar-refractivity contribution in [3.05, 3.63) is 42.0 Å². The second-order valence-corrected chi connectivity index (χ2v) is 7.11. The summed E-state index contributed by atoms with van der Waals surface area (Å²) in [6.07, 6.45) is 8.24. The summed E-state index contributed by atoms with van der Waals surface area (Å²) in [7, 11) is 2.19. The monoisotopic (exact) mass is 327 g/mol. The maximum atomic E-state index is 12.1. The first-order chi connectivity index (χ1) is 11.7. The Morgan fingerprint density at radius 3 is 2.58 bits per heavy atom. The third-order valence-corrected chi connectivity index (χ3v) is 5.11. The number of nitrogens with one attached hydrogen (secondary N) is 1. The number of rotatable bonds is 6. The van der Waals surface area contributed by atoms with E-state index in [9.17, 15) is 4.79 Å². The summed E-state index contributed by atoms with van der Waals surface area (Å²) in [4.78, 5) is 17.0. The highest BCUT2D eigenvalue weighted by Gasteiger charge is 2.15. The Labute approximate surface area is 145 Å². The minimum Gasteiger partial charge on any atom is -0.326 e. The van der Waals surface area contributed by atoms with Crippen LogP contribution >= 0.6 is 0 Å². The van der Waals surface area contributed by atoms with Crippen LogP contribution in [0.1, 0.15) is 24.8 Å². The summed E-state index contributed by atoms with van der Waals surface area (Å²) in [6.45, 7) is 5.79. The number of hydrogen-bond donors (Lipinski definition) is 1. The normalized spacial score (nSPS) is 22.0. The molecule has 4 heteroatoms. The zero-order valence-corrected chi connectivity index (χ0v) is 14.7. The lowest BCUT2D eigenvalue weighted by molar-refractivity contribution is -0.116. The van der Waals surface area contributed by atoms with Gasteiger partial charge < -0.3 is 15.1 Å². The second-order valence-electron chi connectivity index (χ2n) is 7.11. The van der Waals surface area contributed by atoms with Crippen LogP contribution in [0.15, 0.2) is 36.4 Å². The fraction of sp³-hybridized carbons (Fsp3) is 0.550. The van der Waals surface area contributed by atoms with Gasteiger partial charge in [0.25, 0.3) is 0 Å². The first-order valence-corrected chi connectivity index (χ1v) is 9.15. The number of amides is 1. The minimum atomic E-state index is 0.122. The van der Waals surface area contributed by atoms with Gasteiger partial charge in [0.05, 0.1) is 0 Å². The van der Waals surface area contributed by atoms with Crippen LogP contribution in [-0.4, -0.2) is 55.5 Å². The molecule has 1 atom stereocenters. The lowest BCUT2D eigenvalue weighted by Gasteiger charge is -2.32. The third kappa shape index (κ3) is 5.18. The minimum absolute atomic E-state index is 0.122. The van der Waals surface area contributed by atoms with E-state index in [2.05, 4.69) is 46.4 Å². The molecule has 3 rings (SSSR count). The number of piperazine rings is 1. The molecule has 1 amide bonds. The van der Waals surface area contributed by atoms with Crippen molar-refractivity contribution in [2.75, 3.05) is 45.1 Å². The van der Waals surface area contributed by atoms with Gasteiger partial charge in [0, 0.05) is 44.8 Å². The fourth-order valence-electron chi connectivity index (χ4n) is 3.43. The average Bonchev–Trinajstić information content (AvgIpc) is 3.08. The van der Waals surface area contributed by atoms with E-state index in [-0.39, 0.29) is 5.91 Å². The Balaban J connectivity index is 1.41. The Hall–Kier alpha value is -1.65. The molecule has 1 aromatic rings. The van der Waals surface area contributed by atoms with E-state index in [0.29, 0.717) is 12.3 Å². The Bertz CT molecular complexity index is 559. The van der Waals surface area contributed by atoms with Crippen LogP contribution in [0.25, 0.3) is 0 Å². The quantitative estimate of drug-likeness (QED) is 0.816. The molecular weight excluding hydrogens is 298 g/mol. The standard InChI is InChI=1S/C20H29N3O/c1-22-12-14-23(15-13-22)11-10-17-6-8-19(9-7-17)21-20(24)16-18-4-2-3-5-18/h2,4,6-9,18H,3,5,10-16H2,1H3,(H,21,24)/t18-/m0/s1. The molecule has 1 fully saturated rings. The number of benzene rings is 1. The average molecular weight is 327 g/mol. The first kappa shape index (κ1) is 17.2. The van der Waals surface area contributed by atoms with E-state index in [0.717, 1.165) is 31.5 Å². The van der Waals surface area contributed by atoms with Gasteiger partial charge in [-0.25, -0.2) is 0 Å². The Morgan fingerprint density at radius 1 is 1.17 bits per heavy atom. The molecule has 0 saturated carbocycles. The van der Waals surface area contributed by atoms with Crippen LogP contribution in [-0.2, 0) is 11.2 Å². The van der Waals surface area contributed by atoms with Gasteiger partial charge in [-0.2, -0.15) is 0 Å². The highest BCUT2D eigenvalue weighted by Crippen LogP contribution is 2.21. The van der Waals surface area contributed by atoms with Gasteiger partial charge in [-0.15, -0.1) is 0 Å². The predicted octanol–water partition coefficient (Wildman–Crippen LogP) is 2.77. The summed E-state index contributed by atoms with van der Waals surface area (Å²) in [6, 6.07) is 8.34. The van der Waals surface area contributed by atoms with E-state index in [1.807, 2.05) is 12.1 Å². The molecule has 130 valence electrons. The molecule has 1 saturated heterocycles.